The van der Waals surface area contributed by atoms with Gasteiger partial charge in [0.25, 0.3) is 0 Å². The third-order valence-corrected chi connectivity index (χ3v) is 5.20. The van der Waals surface area contributed by atoms with E-state index in [2.05, 4.69) is 10.6 Å². The van der Waals surface area contributed by atoms with Gasteiger partial charge in [-0.2, -0.15) is 0 Å². The van der Waals surface area contributed by atoms with Crippen molar-refractivity contribution in [1.29, 1.82) is 0 Å². The smallest absolute Gasteiger partial charge is 0.243 e. The van der Waals surface area contributed by atoms with E-state index in [9.17, 15) is 9.59 Å². The number of piperidine rings is 1. The van der Waals surface area contributed by atoms with Crippen LogP contribution in [0.4, 0.5) is 0 Å². The molecule has 0 aromatic heterocycles. The van der Waals surface area contributed by atoms with Gasteiger partial charge in [0.2, 0.25) is 11.8 Å². The highest BCUT2D eigenvalue weighted by Gasteiger charge is 2.31. The molecule has 2 aliphatic rings. The lowest BCUT2D eigenvalue weighted by molar-refractivity contribution is -0.131. The molecule has 5 heteroatoms. The van der Waals surface area contributed by atoms with E-state index in [1.165, 1.54) is 12.8 Å². The Morgan fingerprint density at radius 1 is 1.13 bits per heavy atom. The molecule has 1 aromatic rings. The quantitative estimate of drug-likeness (QED) is 0.887. The predicted octanol–water partition coefficient (Wildman–Crippen LogP) is 3.36. The highest BCUT2D eigenvalue weighted by Crippen LogP contribution is 2.36. The number of carbonyl (C=O) groups excluding carboxylic acids is 2. The van der Waals surface area contributed by atoms with E-state index < -0.39 is 6.04 Å². The molecular weight excluding hydrogens is 312 g/mol. The SMILES string of the molecule is O=C1CCC[C@H](C(=O)N[C@@H](c2ccc(Cl)cc2)C2CCCC2)N1. The summed E-state index contributed by atoms with van der Waals surface area (Å²) in [4.78, 5) is 24.1. The Kier molecular flexibility index (Phi) is 5.21. The standard InChI is InChI=1S/C18H23ClN2O2/c19-14-10-8-13(9-11-14)17(12-4-1-2-5-12)21-18(23)15-6-3-7-16(22)20-15/h8-12,15,17H,1-7H2,(H,20,22)(H,21,23)/t15-,17-/m1/s1. The number of halogens is 1. The molecule has 1 saturated heterocycles. The molecule has 2 amide bonds. The Hall–Kier alpha value is -1.55. The number of hydrogen-bond acceptors (Lipinski definition) is 2. The summed E-state index contributed by atoms with van der Waals surface area (Å²) in [7, 11) is 0. The summed E-state index contributed by atoms with van der Waals surface area (Å²) in [5.74, 6) is 0.365. The fourth-order valence-electron chi connectivity index (χ4n) is 3.69. The van der Waals surface area contributed by atoms with Crippen molar-refractivity contribution in [2.45, 2.75) is 57.0 Å². The number of benzene rings is 1. The molecule has 3 rings (SSSR count). The second kappa shape index (κ2) is 7.35. The summed E-state index contributed by atoms with van der Waals surface area (Å²) in [6, 6.07) is 7.32. The van der Waals surface area contributed by atoms with Crippen LogP contribution in [0.2, 0.25) is 5.02 Å². The van der Waals surface area contributed by atoms with Crippen LogP contribution in [0.3, 0.4) is 0 Å². The Morgan fingerprint density at radius 3 is 2.48 bits per heavy atom. The molecule has 0 spiro atoms. The largest absolute Gasteiger partial charge is 0.347 e. The van der Waals surface area contributed by atoms with Gasteiger partial charge in [0.05, 0.1) is 6.04 Å². The zero-order valence-corrected chi connectivity index (χ0v) is 13.9. The number of hydrogen-bond donors (Lipinski definition) is 2. The Labute approximate surface area is 142 Å². The first-order valence-electron chi connectivity index (χ1n) is 8.48. The van der Waals surface area contributed by atoms with Crippen molar-refractivity contribution < 1.29 is 9.59 Å². The number of carbonyl (C=O) groups is 2. The summed E-state index contributed by atoms with van der Waals surface area (Å²) in [6.45, 7) is 0. The van der Waals surface area contributed by atoms with Crippen LogP contribution in [0.1, 0.15) is 56.6 Å². The first-order chi connectivity index (χ1) is 11.1. The molecule has 2 atom stereocenters. The van der Waals surface area contributed by atoms with Crippen LogP contribution in [-0.2, 0) is 9.59 Å². The van der Waals surface area contributed by atoms with Crippen molar-refractivity contribution in [3.05, 3.63) is 34.9 Å². The van der Waals surface area contributed by atoms with Gasteiger partial charge in [0, 0.05) is 11.4 Å². The average Bonchev–Trinajstić information content (AvgIpc) is 3.07. The summed E-state index contributed by atoms with van der Waals surface area (Å²) in [5.41, 5.74) is 1.09. The zero-order valence-electron chi connectivity index (χ0n) is 13.2. The molecule has 124 valence electrons. The van der Waals surface area contributed by atoms with E-state index in [0.717, 1.165) is 31.2 Å². The topological polar surface area (TPSA) is 58.2 Å². The molecule has 0 radical (unpaired) electrons. The lowest BCUT2D eigenvalue weighted by Gasteiger charge is -2.29. The molecule has 2 N–H and O–H groups in total. The minimum absolute atomic E-state index is 0.00101. The van der Waals surface area contributed by atoms with Crippen molar-refractivity contribution in [2.24, 2.45) is 5.92 Å². The minimum Gasteiger partial charge on any atom is -0.347 e. The van der Waals surface area contributed by atoms with Crippen LogP contribution in [0.5, 0.6) is 0 Å². The first-order valence-corrected chi connectivity index (χ1v) is 8.86. The molecule has 1 saturated carbocycles. The predicted molar refractivity (Wildman–Crippen MR) is 90.1 cm³/mol. The molecule has 0 unspecified atom stereocenters. The highest BCUT2D eigenvalue weighted by atomic mass is 35.5. The molecule has 4 nitrogen and oxygen atoms in total. The van der Waals surface area contributed by atoms with Gasteiger partial charge in [-0.15, -0.1) is 0 Å². The zero-order chi connectivity index (χ0) is 16.2. The monoisotopic (exact) mass is 334 g/mol. The van der Waals surface area contributed by atoms with E-state index in [1.54, 1.807) is 0 Å². The molecule has 23 heavy (non-hydrogen) atoms. The van der Waals surface area contributed by atoms with Crippen LogP contribution < -0.4 is 10.6 Å². The molecule has 0 bridgehead atoms. The second-order valence-electron chi connectivity index (χ2n) is 6.59. The van der Waals surface area contributed by atoms with Gasteiger partial charge in [-0.1, -0.05) is 36.6 Å². The van der Waals surface area contributed by atoms with Gasteiger partial charge < -0.3 is 10.6 Å². The van der Waals surface area contributed by atoms with Crippen molar-refractivity contribution in [2.75, 3.05) is 0 Å². The Bertz CT molecular complexity index is 567. The van der Waals surface area contributed by atoms with Crippen LogP contribution in [0, 0.1) is 5.92 Å². The second-order valence-corrected chi connectivity index (χ2v) is 7.03. The molecule has 1 heterocycles. The third-order valence-electron chi connectivity index (χ3n) is 4.95. The normalized spacial score (nSPS) is 23.3. The van der Waals surface area contributed by atoms with Gasteiger partial charge in [-0.3, -0.25) is 9.59 Å². The molecule has 1 aromatic carbocycles. The third kappa shape index (κ3) is 4.05. The van der Waals surface area contributed by atoms with Gasteiger partial charge in [0.1, 0.15) is 6.04 Å². The van der Waals surface area contributed by atoms with Crippen LogP contribution in [-0.4, -0.2) is 17.9 Å². The van der Waals surface area contributed by atoms with E-state index in [4.69, 9.17) is 11.6 Å². The Balaban J connectivity index is 1.74. The summed E-state index contributed by atoms with van der Waals surface area (Å²) >= 11 is 5.98. The fraction of sp³-hybridized carbons (Fsp3) is 0.556. The van der Waals surface area contributed by atoms with E-state index in [-0.39, 0.29) is 17.9 Å². The van der Waals surface area contributed by atoms with Gasteiger partial charge in [-0.05, 0) is 49.3 Å². The van der Waals surface area contributed by atoms with E-state index >= 15 is 0 Å². The van der Waals surface area contributed by atoms with Crippen molar-refractivity contribution in [3.63, 3.8) is 0 Å². The molecule has 2 fully saturated rings. The maximum atomic E-state index is 12.6. The molecule has 1 aliphatic heterocycles. The van der Waals surface area contributed by atoms with E-state index in [0.29, 0.717) is 17.4 Å². The fourth-order valence-corrected chi connectivity index (χ4v) is 3.82. The molecule has 1 aliphatic carbocycles. The summed E-state index contributed by atoms with van der Waals surface area (Å²) in [6.07, 6.45) is 6.70. The van der Waals surface area contributed by atoms with Crippen molar-refractivity contribution >= 4 is 23.4 Å². The lowest BCUT2D eigenvalue weighted by atomic mass is 9.91. The lowest BCUT2D eigenvalue weighted by Crippen LogP contribution is -2.50. The van der Waals surface area contributed by atoms with Crippen molar-refractivity contribution in [3.8, 4) is 0 Å². The van der Waals surface area contributed by atoms with Gasteiger partial charge in [0.15, 0.2) is 0 Å². The number of nitrogens with one attached hydrogen (secondary N) is 2. The van der Waals surface area contributed by atoms with Crippen molar-refractivity contribution in [1.82, 2.24) is 10.6 Å². The van der Waals surface area contributed by atoms with Crippen LogP contribution >= 0.6 is 11.6 Å². The number of rotatable bonds is 4. The summed E-state index contributed by atoms with van der Waals surface area (Å²) in [5, 5.41) is 6.69. The average molecular weight is 335 g/mol. The van der Waals surface area contributed by atoms with Crippen LogP contribution in [0.15, 0.2) is 24.3 Å². The highest BCUT2D eigenvalue weighted by molar-refractivity contribution is 6.30. The number of amides is 2. The summed E-state index contributed by atoms with van der Waals surface area (Å²) < 4.78 is 0. The minimum atomic E-state index is -0.396. The Morgan fingerprint density at radius 2 is 1.83 bits per heavy atom. The first kappa shape index (κ1) is 16.3. The maximum absolute atomic E-state index is 12.6. The van der Waals surface area contributed by atoms with Gasteiger partial charge >= 0.3 is 0 Å². The maximum Gasteiger partial charge on any atom is 0.243 e. The van der Waals surface area contributed by atoms with Crippen LogP contribution in [0.25, 0.3) is 0 Å². The molecular formula is C18H23ClN2O2. The van der Waals surface area contributed by atoms with Gasteiger partial charge in [-0.25, -0.2) is 0 Å². The van der Waals surface area contributed by atoms with E-state index in [1.807, 2.05) is 24.3 Å².